The molecule has 5 heteroatoms. The highest BCUT2D eigenvalue weighted by molar-refractivity contribution is 7.80. The third-order valence-electron chi connectivity index (χ3n) is 5.30. The molecule has 1 heterocycles. The second-order valence-electron chi connectivity index (χ2n) is 7.25. The lowest BCUT2D eigenvalue weighted by Crippen LogP contribution is -2.49. The second-order valence-corrected chi connectivity index (χ2v) is 8.08. The minimum atomic E-state index is 0.596. The van der Waals surface area contributed by atoms with Gasteiger partial charge in [-0.3, -0.25) is 4.90 Å². The molecule has 1 atom stereocenters. The van der Waals surface area contributed by atoms with E-state index >= 15 is 0 Å². The van der Waals surface area contributed by atoms with Crippen LogP contribution in [0.4, 0.5) is 5.69 Å². The summed E-state index contributed by atoms with van der Waals surface area (Å²) in [5.41, 5.74) is 3.70. The fourth-order valence-electron chi connectivity index (χ4n) is 3.34. The maximum Gasteiger partial charge on any atom is 0.173 e. The molecule has 0 aromatic heterocycles. The third-order valence-corrected chi connectivity index (χ3v) is 5.89. The average Bonchev–Trinajstić information content (AvgIpc) is 2.68. The predicted octanol–water partition coefficient (Wildman–Crippen LogP) is 5.37. The van der Waals surface area contributed by atoms with Crippen molar-refractivity contribution in [2.75, 3.05) is 31.5 Å². The van der Waals surface area contributed by atoms with Crippen LogP contribution in [0.3, 0.4) is 0 Å². The summed E-state index contributed by atoms with van der Waals surface area (Å²) in [6.07, 6.45) is 1.16. The topological polar surface area (TPSA) is 18.5 Å². The number of hydrogen-bond donors (Lipinski definition) is 1. The van der Waals surface area contributed by atoms with Crippen molar-refractivity contribution in [3.63, 3.8) is 0 Å². The highest BCUT2D eigenvalue weighted by Crippen LogP contribution is 2.21. The Morgan fingerprint density at radius 2 is 1.81 bits per heavy atom. The van der Waals surface area contributed by atoms with Crippen LogP contribution < -0.4 is 5.32 Å². The number of rotatable bonds is 5. The van der Waals surface area contributed by atoms with E-state index in [9.17, 15) is 0 Å². The molecule has 144 valence electrons. The van der Waals surface area contributed by atoms with E-state index in [0.29, 0.717) is 5.92 Å². The molecular weight excluding hydrogens is 374 g/mol. The van der Waals surface area contributed by atoms with Crippen LogP contribution in [0.2, 0.25) is 5.02 Å². The van der Waals surface area contributed by atoms with E-state index in [-0.39, 0.29) is 0 Å². The van der Waals surface area contributed by atoms with Crippen LogP contribution >= 0.6 is 23.8 Å². The van der Waals surface area contributed by atoms with Crippen molar-refractivity contribution in [3.05, 3.63) is 64.7 Å². The molecule has 0 amide bonds. The Balaban J connectivity index is 1.48. The zero-order chi connectivity index (χ0) is 19.2. The van der Waals surface area contributed by atoms with Gasteiger partial charge in [-0.15, -0.1) is 0 Å². The summed E-state index contributed by atoms with van der Waals surface area (Å²) >= 11 is 11.7. The fourth-order valence-corrected chi connectivity index (χ4v) is 3.85. The van der Waals surface area contributed by atoms with Crippen LogP contribution in [0.5, 0.6) is 0 Å². The quantitative estimate of drug-likeness (QED) is 0.678. The van der Waals surface area contributed by atoms with Crippen LogP contribution in [0.1, 0.15) is 37.3 Å². The van der Waals surface area contributed by atoms with Gasteiger partial charge in [-0.1, -0.05) is 49.7 Å². The molecule has 0 bridgehead atoms. The molecule has 2 aromatic carbocycles. The number of nitrogens with one attached hydrogen (secondary N) is 1. The molecule has 0 saturated carbocycles. The lowest BCUT2D eigenvalue weighted by molar-refractivity contribution is 0.177. The first-order chi connectivity index (χ1) is 13.0. The summed E-state index contributed by atoms with van der Waals surface area (Å²) in [6, 6.07) is 16.8. The highest BCUT2D eigenvalue weighted by Gasteiger charge is 2.19. The third kappa shape index (κ3) is 5.68. The van der Waals surface area contributed by atoms with Gasteiger partial charge in [0.1, 0.15) is 0 Å². The smallest absolute Gasteiger partial charge is 0.173 e. The SMILES string of the molecule is CCC(C)c1ccc(NC(=S)N2CCN(Cc3cccc(Cl)c3)CC2)cc1. The van der Waals surface area contributed by atoms with Gasteiger partial charge in [-0.05, 0) is 59.9 Å². The Morgan fingerprint density at radius 3 is 2.44 bits per heavy atom. The Bertz CT molecular complexity index is 754. The van der Waals surface area contributed by atoms with Gasteiger partial charge in [-0.25, -0.2) is 0 Å². The Kier molecular flexibility index (Phi) is 7.11. The van der Waals surface area contributed by atoms with Crippen LogP contribution in [0.15, 0.2) is 48.5 Å². The summed E-state index contributed by atoms with van der Waals surface area (Å²) in [4.78, 5) is 4.71. The van der Waals surface area contributed by atoms with Gasteiger partial charge in [0.05, 0.1) is 0 Å². The molecular formula is C22H28ClN3S. The molecule has 0 aliphatic carbocycles. The van der Waals surface area contributed by atoms with Crippen molar-refractivity contribution >= 4 is 34.6 Å². The zero-order valence-electron chi connectivity index (χ0n) is 16.1. The molecule has 3 nitrogen and oxygen atoms in total. The summed E-state index contributed by atoms with van der Waals surface area (Å²) in [6.45, 7) is 9.30. The molecule has 1 unspecified atom stereocenters. The maximum atomic E-state index is 6.09. The van der Waals surface area contributed by atoms with Crippen LogP contribution in [0, 0.1) is 0 Å². The van der Waals surface area contributed by atoms with Gasteiger partial charge in [-0.2, -0.15) is 0 Å². The monoisotopic (exact) mass is 401 g/mol. The van der Waals surface area contributed by atoms with E-state index in [1.807, 2.05) is 18.2 Å². The molecule has 1 aliphatic heterocycles. The molecule has 27 heavy (non-hydrogen) atoms. The normalized spacial score (nSPS) is 16.2. The van der Waals surface area contributed by atoms with Gasteiger partial charge >= 0.3 is 0 Å². The molecule has 1 fully saturated rings. The predicted molar refractivity (Wildman–Crippen MR) is 120 cm³/mol. The lowest BCUT2D eigenvalue weighted by atomic mass is 9.99. The summed E-state index contributed by atoms with van der Waals surface area (Å²) in [7, 11) is 0. The van der Waals surface area contributed by atoms with Crippen molar-refractivity contribution < 1.29 is 0 Å². The average molecular weight is 402 g/mol. The maximum absolute atomic E-state index is 6.09. The largest absolute Gasteiger partial charge is 0.346 e. The van der Waals surface area contributed by atoms with Crippen molar-refractivity contribution in [3.8, 4) is 0 Å². The summed E-state index contributed by atoms with van der Waals surface area (Å²) < 4.78 is 0. The van der Waals surface area contributed by atoms with E-state index in [4.69, 9.17) is 23.8 Å². The Hall–Kier alpha value is -1.62. The number of halogens is 1. The van der Waals surface area contributed by atoms with Crippen LogP contribution in [-0.4, -0.2) is 41.1 Å². The standard InChI is InChI=1S/C22H28ClN3S/c1-3-17(2)19-7-9-21(10-8-19)24-22(27)26-13-11-25(12-14-26)16-18-5-4-6-20(23)15-18/h4-10,15,17H,3,11-14,16H2,1-2H3,(H,24,27). The molecule has 0 spiro atoms. The molecule has 2 aromatic rings. The van der Waals surface area contributed by atoms with Crippen molar-refractivity contribution in [1.82, 2.24) is 9.80 Å². The van der Waals surface area contributed by atoms with Gasteiger partial charge in [0.15, 0.2) is 5.11 Å². The first kappa shape index (κ1) is 20.1. The van der Waals surface area contributed by atoms with E-state index in [1.54, 1.807) is 0 Å². The fraction of sp³-hybridized carbons (Fsp3) is 0.409. The van der Waals surface area contributed by atoms with E-state index < -0.39 is 0 Å². The van der Waals surface area contributed by atoms with Crippen LogP contribution in [0.25, 0.3) is 0 Å². The second kappa shape index (κ2) is 9.54. The van der Waals surface area contributed by atoms with Crippen LogP contribution in [-0.2, 0) is 6.54 Å². The Morgan fingerprint density at radius 1 is 1.11 bits per heavy atom. The number of piperazine rings is 1. The zero-order valence-corrected chi connectivity index (χ0v) is 17.7. The van der Waals surface area contributed by atoms with E-state index in [2.05, 4.69) is 59.3 Å². The molecule has 1 aliphatic rings. The lowest BCUT2D eigenvalue weighted by Gasteiger charge is -2.36. The minimum absolute atomic E-state index is 0.596. The number of hydrogen-bond acceptors (Lipinski definition) is 2. The first-order valence-electron chi connectivity index (χ1n) is 9.68. The molecule has 1 N–H and O–H groups in total. The summed E-state index contributed by atoms with van der Waals surface area (Å²) in [5, 5.41) is 5.00. The first-order valence-corrected chi connectivity index (χ1v) is 10.5. The van der Waals surface area contributed by atoms with Gasteiger partial charge in [0.25, 0.3) is 0 Å². The van der Waals surface area contributed by atoms with Crippen molar-refractivity contribution in [2.45, 2.75) is 32.7 Å². The minimum Gasteiger partial charge on any atom is -0.346 e. The number of anilines is 1. The van der Waals surface area contributed by atoms with E-state index in [0.717, 1.165) is 55.0 Å². The highest BCUT2D eigenvalue weighted by atomic mass is 35.5. The Labute approximate surface area is 173 Å². The van der Waals surface area contributed by atoms with Gasteiger partial charge in [0.2, 0.25) is 0 Å². The molecule has 0 radical (unpaired) electrons. The molecule has 1 saturated heterocycles. The number of benzene rings is 2. The van der Waals surface area contributed by atoms with Gasteiger partial charge in [0, 0.05) is 43.4 Å². The molecule has 3 rings (SSSR count). The summed E-state index contributed by atoms with van der Waals surface area (Å²) in [5.74, 6) is 0.596. The number of thiocarbonyl (C=S) groups is 1. The van der Waals surface area contributed by atoms with Gasteiger partial charge < -0.3 is 10.2 Å². The number of nitrogens with zero attached hydrogens (tertiary/aromatic N) is 2. The van der Waals surface area contributed by atoms with Crippen molar-refractivity contribution in [1.29, 1.82) is 0 Å². The van der Waals surface area contributed by atoms with E-state index in [1.165, 1.54) is 11.1 Å². The van der Waals surface area contributed by atoms with Crippen molar-refractivity contribution in [2.24, 2.45) is 0 Å².